The predicted molar refractivity (Wildman–Crippen MR) is 226 cm³/mol. The highest BCUT2D eigenvalue weighted by molar-refractivity contribution is 7.22. The average molecular weight is 674 g/mol. The molecule has 3 aliphatic heterocycles. The highest BCUT2D eigenvalue weighted by Gasteiger charge is 2.55. The second-order valence-electron chi connectivity index (χ2n) is 14.4. The number of nitrogens with zero attached hydrogens (tertiary/aromatic N) is 1. The van der Waals surface area contributed by atoms with Gasteiger partial charge in [0.25, 0.3) is 0 Å². The SMILES string of the molecule is c1ccc(B2c3cccc4c3N3c5c2cccc5[Si](c2ccccc2)(c2ccccc2)c2cc(-c5ccccc5)cc(c23)B4c2ccccc2)cc1. The summed E-state index contributed by atoms with van der Waals surface area (Å²) >= 11 is 0. The van der Waals surface area contributed by atoms with Crippen molar-refractivity contribution in [2.75, 3.05) is 4.90 Å². The van der Waals surface area contributed by atoms with E-state index < -0.39 is 8.07 Å². The average Bonchev–Trinajstić information content (AvgIpc) is 3.22. The van der Waals surface area contributed by atoms with E-state index in [1.54, 1.807) is 0 Å². The van der Waals surface area contributed by atoms with Gasteiger partial charge in [0.15, 0.2) is 8.07 Å². The van der Waals surface area contributed by atoms with Crippen molar-refractivity contribution in [3.63, 3.8) is 0 Å². The molecule has 0 unspecified atom stereocenters. The van der Waals surface area contributed by atoms with Crippen LogP contribution >= 0.6 is 0 Å². The minimum Gasteiger partial charge on any atom is -0.313 e. The highest BCUT2D eigenvalue weighted by atomic mass is 28.3. The molecule has 0 atom stereocenters. The summed E-state index contributed by atoms with van der Waals surface area (Å²) in [6, 6.07) is 75.8. The molecule has 0 bridgehead atoms. The monoisotopic (exact) mass is 673 g/mol. The van der Waals surface area contributed by atoms with Gasteiger partial charge in [0, 0.05) is 17.1 Å². The van der Waals surface area contributed by atoms with Gasteiger partial charge in [-0.2, -0.15) is 0 Å². The first-order valence-corrected chi connectivity index (χ1v) is 20.3. The molecule has 0 aromatic heterocycles. The standard InChI is InChI=1S/C48H33B2NSi/c1-6-18-34(19-7-1)35-32-43-48-45(33-35)52(38-24-12-4-13-25-38,39-26-14-5-15-27-39)44-31-17-30-42-47(44)51(48)46-40(49(42)36-20-8-2-9-21-36)28-16-29-41(46)50(43)37-22-10-3-11-23-37/h1-33H. The van der Waals surface area contributed by atoms with Gasteiger partial charge in [-0.05, 0) is 53.7 Å². The molecule has 4 heteroatoms. The van der Waals surface area contributed by atoms with Gasteiger partial charge in [-0.25, -0.2) is 0 Å². The van der Waals surface area contributed by atoms with Crippen LogP contribution in [0.5, 0.6) is 0 Å². The largest absolute Gasteiger partial charge is 0.313 e. The van der Waals surface area contributed by atoms with Gasteiger partial charge >= 0.3 is 0 Å². The van der Waals surface area contributed by atoms with E-state index >= 15 is 0 Å². The van der Waals surface area contributed by atoms with Crippen LogP contribution in [-0.2, 0) is 0 Å². The van der Waals surface area contributed by atoms with E-state index in [0.29, 0.717) is 0 Å². The van der Waals surface area contributed by atoms with Gasteiger partial charge in [-0.15, -0.1) is 0 Å². The van der Waals surface area contributed by atoms with Crippen molar-refractivity contribution in [3.8, 4) is 11.1 Å². The summed E-state index contributed by atoms with van der Waals surface area (Å²) in [4.78, 5) is 2.71. The molecule has 1 nitrogen and oxygen atoms in total. The number of hydrogen-bond acceptors (Lipinski definition) is 1. The minimum absolute atomic E-state index is 0.0753. The minimum atomic E-state index is -2.92. The third-order valence-electron chi connectivity index (χ3n) is 11.8. The Morgan fingerprint density at radius 2 is 0.769 bits per heavy atom. The van der Waals surface area contributed by atoms with E-state index in [9.17, 15) is 0 Å². The topological polar surface area (TPSA) is 3.24 Å². The molecule has 0 saturated carbocycles. The van der Waals surface area contributed by atoms with E-state index in [4.69, 9.17) is 0 Å². The van der Waals surface area contributed by atoms with Gasteiger partial charge in [0.1, 0.15) is 0 Å². The molecule has 52 heavy (non-hydrogen) atoms. The van der Waals surface area contributed by atoms with Gasteiger partial charge < -0.3 is 4.90 Å². The molecule has 0 aliphatic carbocycles. The number of benzene rings is 8. The molecule has 3 heterocycles. The van der Waals surface area contributed by atoms with Crippen molar-refractivity contribution < 1.29 is 0 Å². The summed E-state index contributed by atoms with van der Waals surface area (Å²) < 4.78 is 0. The Morgan fingerprint density at radius 1 is 0.327 bits per heavy atom. The zero-order valence-corrected chi connectivity index (χ0v) is 29.7. The zero-order chi connectivity index (χ0) is 34.2. The molecule has 11 rings (SSSR count). The molecule has 0 fully saturated rings. The maximum absolute atomic E-state index is 2.92. The molecular formula is C48H33B2NSi. The van der Waals surface area contributed by atoms with Crippen LogP contribution in [0.3, 0.4) is 0 Å². The summed E-state index contributed by atoms with van der Waals surface area (Å²) in [5.74, 6) is 0. The normalized spacial score (nSPS) is 14.2. The number of rotatable bonds is 5. The summed E-state index contributed by atoms with van der Waals surface area (Å²) in [6.07, 6.45) is 0. The molecule has 240 valence electrons. The lowest BCUT2D eigenvalue weighted by Crippen LogP contribution is -2.80. The van der Waals surface area contributed by atoms with E-state index in [1.807, 2.05) is 0 Å². The second-order valence-corrected chi connectivity index (χ2v) is 18.1. The fraction of sp³-hybridized carbons (Fsp3) is 0. The Kier molecular flexibility index (Phi) is 6.53. The van der Waals surface area contributed by atoms with Crippen molar-refractivity contribution in [3.05, 3.63) is 200 Å². The van der Waals surface area contributed by atoms with Crippen LogP contribution in [0.4, 0.5) is 17.1 Å². The van der Waals surface area contributed by atoms with Crippen LogP contribution in [0.2, 0.25) is 0 Å². The van der Waals surface area contributed by atoms with Crippen LogP contribution in [-0.4, -0.2) is 21.5 Å². The van der Waals surface area contributed by atoms with Crippen molar-refractivity contribution in [1.29, 1.82) is 0 Å². The van der Waals surface area contributed by atoms with Crippen molar-refractivity contribution >= 4 is 92.1 Å². The Morgan fingerprint density at radius 3 is 1.33 bits per heavy atom. The zero-order valence-electron chi connectivity index (χ0n) is 28.7. The lowest BCUT2D eigenvalue weighted by atomic mass is 9.30. The van der Waals surface area contributed by atoms with Gasteiger partial charge in [-0.3, -0.25) is 0 Å². The lowest BCUT2D eigenvalue weighted by molar-refractivity contribution is 1.31. The first kappa shape index (κ1) is 29.6. The quantitative estimate of drug-likeness (QED) is 0.248. The first-order chi connectivity index (χ1) is 25.8. The molecule has 8 aromatic rings. The maximum atomic E-state index is 2.71. The van der Waals surface area contributed by atoms with Crippen LogP contribution in [0.25, 0.3) is 11.1 Å². The summed E-state index contributed by atoms with van der Waals surface area (Å²) in [6.45, 7) is 0.190. The fourth-order valence-corrected chi connectivity index (χ4v) is 15.0. The van der Waals surface area contributed by atoms with Crippen LogP contribution < -0.4 is 58.4 Å². The molecular weight excluding hydrogens is 640 g/mol. The smallest absolute Gasteiger partial charge is 0.246 e. The number of hydrogen-bond donors (Lipinski definition) is 0. The van der Waals surface area contributed by atoms with Gasteiger partial charge in [-0.1, -0.05) is 211 Å². The van der Waals surface area contributed by atoms with Crippen LogP contribution in [0.1, 0.15) is 0 Å². The fourth-order valence-electron chi connectivity index (χ4n) is 9.85. The summed E-state index contributed by atoms with van der Waals surface area (Å²) in [5, 5.41) is 5.76. The summed E-state index contributed by atoms with van der Waals surface area (Å²) in [5.41, 5.74) is 14.8. The Balaban J connectivity index is 1.38. The maximum Gasteiger partial charge on any atom is 0.246 e. The molecule has 8 aromatic carbocycles. The molecule has 0 amide bonds. The van der Waals surface area contributed by atoms with E-state index in [0.717, 1.165) is 0 Å². The second kappa shape index (κ2) is 11.5. The predicted octanol–water partition coefficient (Wildman–Crippen LogP) is 4.17. The lowest BCUT2D eigenvalue weighted by Gasteiger charge is -2.52. The Hall–Kier alpha value is -6.09. The molecule has 0 saturated heterocycles. The van der Waals surface area contributed by atoms with Crippen molar-refractivity contribution in [1.82, 2.24) is 0 Å². The number of anilines is 3. The summed E-state index contributed by atoms with van der Waals surface area (Å²) in [7, 11) is -2.92. The number of para-hydroxylation sites is 2. The van der Waals surface area contributed by atoms with Crippen LogP contribution in [0, 0.1) is 0 Å². The van der Waals surface area contributed by atoms with Crippen molar-refractivity contribution in [2.24, 2.45) is 0 Å². The van der Waals surface area contributed by atoms with Gasteiger partial charge in [0.2, 0.25) is 13.4 Å². The third kappa shape index (κ3) is 4.01. The third-order valence-corrected chi connectivity index (χ3v) is 16.6. The molecule has 0 N–H and O–H groups in total. The Bertz CT molecular complexity index is 2590. The van der Waals surface area contributed by atoms with E-state index in [1.165, 1.54) is 81.7 Å². The van der Waals surface area contributed by atoms with E-state index in [-0.39, 0.29) is 13.4 Å². The highest BCUT2D eigenvalue weighted by Crippen LogP contribution is 2.41. The van der Waals surface area contributed by atoms with E-state index in [2.05, 4.69) is 205 Å². The first-order valence-electron chi connectivity index (χ1n) is 18.3. The molecule has 3 aliphatic rings. The Labute approximate surface area is 307 Å². The molecule has 0 radical (unpaired) electrons. The van der Waals surface area contributed by atoms with Crippen molar-refractivity contribution in [2.45, 2.75) is 0 Å². The molecule has 0 spiro atoms. The van der Waals surface area contributed by atoms with Gasteiger partial charge in [0.05, 0.1) is 0 Å². The van der Waals surface area contributed by atoms with Crippen LogP contribution in [0.15, 0.2) is 200 Å².